The van der Waals surface area contributed by atoms with Crippen LogP contribution in [0.15, 0.2) is 53.0 Å². The third kappa shape index (κ3) is 4.99. The Bertz CT molecular complexity index is 745. The Morgan fingerprint density at radius 2 is 1.96 bits per heavy atom. The lowest BCUT2D eigenvalue weighted by molar-refractivity contribution is -0.898. The van der Waals surface area contributed by atoms with Crippen molar-refractivity contribution in [3.05, 3.63) is 53.0 Å². The Morgan fingerprint density at radius 3 is 2.69 bits per heavy atom. The highest BCUT2D eigenvalue weighted by atomic mass is 79.9. The molecule has 0 unspecified atom stereocenters. The van der Waals surface area contributed by atoms with E-state index >= 15 is 0 Å². The van der Waals surface area contributed by atoms with E-state index in [1.165, 1.54) is 6.54 Å². The number of para-hydroxylation sites is 2. The minimum atomic E-state index is -0.157. The molecule has 6 heteroatoms. The Morgan fingerprint density at radius 1 is 1.19 bits per heavy atom. The summed E-state index contributed by atoms with van der Waals surface area (Å²) in [5.74, 6) is 0.511. The van der Waals surface area contributed by atoms with Gasteiger partial charge < -0.3 is 19.9 Å². The van der Waals surface area contributed by atoms with Crippen molar-refractivity contribution in [3.63, 3.8) is 0 Å². The molecule has 2 aromatic rings. The molecule has 2 aromatic carbocycles. The van der Waals surface area contributed by atoms with Crippen molar-refractivity contribution < 1.29 is 14.4 Å². The van der Waals surface area contributed by atoms with Gasteiger partial charge in [-0.1, -0.05) is 34.1 Å². The number of amides is 1. The van der Waals surface area contributed by atoms with Gasteiger partial charge >= 0.3 is 0 Å². The van der Waals surface area contributed by atoms with Crippen LogP contribution in [-0.2, 0) is 4.79 Å². The third-order valence-electron chi connectivity index (χ3n) is 4.66. The summed E-state index contributed by atoms with van der Waals surface area (Å²) < 4.78 is 6.50. The molecule has 1 saturated heterocycles. The molecule has 3 rings (SSSR count). The summed E-state index contributed by atoms with van der Waals surface area (Å²) in [6.07, 6.45) is 0. The van der Waals surface area contributed by atoms with Crippen LogP contribution >= 0.6 is 15.9 Å². The van der Waals surface area contributed by atoms with Crippen molar-refractivity contribution in [2.24, 2.45) is 0 Å². The number of piperazine rings is 1. The number of nitrogens with zero attached hydrogens (tertiary/aromatic N) is 1. The van der Waals surface area contributed by atoms with Gasteiger partial charge in [-0.3, -0.25) is 4.79 Å². The summed E-state index contributed by atoms with van der Waals surface area (Å²) in [6, 6.07) is 15.5. The summed E-state index contributed by atoms with van der Waals surface area (Å²) in [4.78, 5) is 16.3. The monoisotopic (exact) mass is 418 g/mol. The van der Waals surface area contributed by atoms with Gasteiger partial charge in [0.15, 0.2) is 6.61 Å². The largest absolute Gasteiger partial charge is 0.484 e. The zero-order chi connectivity index (χ0) is 18.4. The van der Waals surface area contributed by atoms with E-state index in [9.17, 15) is 4.79 Å². The van der Waals surface area contributed by atoms with E-state index in [1.807, 2.05) is 42.5 Å². The number of hydrogen-bond acceptors (Lipinski definition) is 3. The molecule has 1 aliphatic rings. The molecule has 1 heterocycles. The number of halogens is 1. The molecule has 0 spiro atoms. The van der Waals surface area contributed by atoms with Crippen LogP contribution in [0.4, 0.5) is 11.4 Å². The fourth-order valence-electron chi connectivity index (χ4n) is 3.16. The highest BCUT2D eigenvalue weighted by Gasteiger charge is 2.21. The second-order valence-corrected chi connectivity index (χ2v) is 7.32. The molecule has 1 aliphatic heterocycles. The van der Waals surface area contributed by atoms with Gasteiger partial charge in [0.1, 0.15) is 5.75 Å². The molecular weight excluding hydrogens is 394 g/mol. The highest BCUT2D eigenvalue weighted by molar-refractivity contribution is 9.10. The maximum atomic E-state index is 12.3. The number of quaternary nitrogens is 1. The lowest BCUT2D eigenvalue weighted by atomic mass is 10.2. The maximum absolute atomic E-state index is 12.3. The summed E-state index contributed by atoms with van der Waals surface area (Å²) in [5, 5.41) is 2.99. The highest BCUT2D eigenvalue weighted by Crippen LogP contribution is 2.25. The molecular formula is C20H25BrN3O2+. The fraction of sp³-hybridized carbons (Fsp3) is 0.350. The Labute approximate surface area is 163 Å². The Kier molecular flexibility index (Phi) is 6.52. The molecule has 0 atom stereocenters. The zero-order valence-electron chi connectivity index (χ0n) is 15.0. The third-order valence-corrected chi connectivity index (χ3v) is 5.15. The quantitative estimate of drug-likeness (QED) is 0.755. The predicted octanol–water partition coefficient (Wildman–Crippen LogP) is 2.19. The first-order valence-corrected chi connectivity index (χ1v) is 9.81. The number of anilines is 2. The molecule has 26 heavy (non-hydrogen) atoms. The van der Waals surface area contributed by atoms with Crippen LogP contribution in [0.5, 0.6) is 5.75 Å². The molecule has 0 radical (unpaired) electrons. The van der Waals surface area contributed by atoms with Crippen molar-refractivity contribution in [2.75, 3.05) is 49.5 Å². The Balaban J connectivity index is 1.60. The second kappa shape index (κ2) is 9.05. The Hall–Kier alpha value is -2.05. The standard InChI is InChI=1S/C20H24BrN3O2/c1-2-23-10-12-24(13-11-23)19-9-4-3-8-18(19)22-20(25)15-26-17-7-5-6-16(21)14-17/h3-9,14H,2,10-13,15H2,1H3,(H,22,25)/p+1. The summed E-state index contributed by atoms with van der Waals surface area (Å²) in [6.45, 7) is 7.65. The fourth-order valence-corrected chi connectivity index (χ4v) is 3.54. The molecule has 1 fully saturated rings. The number of nitrogens with one attached hydrogen (secondary N) is 2. The van der Waals surface area contributed by atoms with Gasteiger partial charge in [0.25, 0.3) is 5.91 Å². The molecule has 138 valence electrons. The lowest BCUT2D eigenvalue weighted by Crippen LogP contribution is -3.14. The molecule has 0 bridgehead atoms. The van der Waals surface area contributed by atoms with Crippen LogP contribution in [0.1, 0.15) is 6.92 Å². The SMILES string of the molecule is CC[NH+]1CCN(c2ccccc2NC(=O)COc2cccc(Br)c2)CC1. The first-order valence-electron chi connectivity index (χ1n) is 9.01. The van der Waals surface area contributed by atoms with Gasteiger partial charge in [-0.05, 0) is 37.3 Å². The van der Waals surface area contributed by atoms with Crippen LogP contribution in [0, 0.1) is 0 Å². The average Bonchev–Trinajstić information content (AvgIpc) is 2.67. The first-order chi connectivity index (χ1) is 12.7. The minimum Gasteiger partial charge on any atom is -0.484 e. The van der Waals surface area contributed by atoms with Crippen LogP contribution < -0.4 is 19.9 Å². The van der Waals surface area contributed by atoms with Gasteiger partial charge in [-0.2, -0.15) is 0 Å². The van der Waals surface area contributed by atoms with E-state index < -0.39 is 0 Å². The molecule has 2 N–H and O–H groups in total. The van der Waals surface area contributed by atoms with E-state index in [0.717, 1.165) is 42.0 Å². The second-order valence-electron chi connectivity index (χ2n) is 6.40. The number of rotatable bonds is 6. The smallest absolute Gasteiger partial charge is 0.262 e. The molecule has 5 nitrogen and oxygen atoms in total. The van der Waals surface area contributed by atoms with E-state index in [-0.39, 0.29) is 12.5 Å². The number of benzene rings is 2. The van der Waals surface area contributed by atoms with Crippen LogP contribution in [0.3, 0.4) is 0 Å². The number of hydrogen-bond donors (Lipinski definition) is 2. The zero-order valence-corrected chi connectivity index (χ0v) is 16.6. The van der Waals surface area contributed by atoms with Gasteiger partial charge in [0.2, 0.25) is 0 Å². The number of carbonyl (C=O) groups is 1. The molecule has 0 aliphatic carbocycles. The van der Waals surface area contributed by atoms with Crippen molar-refractivity contribution in [1.82, 2.24) is 0 Å². The van der Waals surface area contributed by atoms with Gasteiger partial charge in [-0.15, -0.1) is 0 Å². The first kappa shape index (κ1) is 18.7. The van der Waals surface area contributed by atoms with Gasteiger partial charge in [0, 0.05) is 4.47 Å². The number of ether oxygens (including phenoxy) is 1. The van der Waals surface area contributed by atoms with Gasteiger partial charge in [0.05, 0.1) is 44.1 Å². The van der Waals surface area contributed by atoms with E-state index in [0.29, 0.717) is 5.75 Å². The number of carbonyl (C=O) groups excluding carboxylic acids is 1. The van der Waals surface area contributed by atoms with Crippen molar-refractivity contribution in [1.29, 1.82) is 0 Å². The normalized spacial score (nSPS) is 14.9. The van der Waals surface area contributed by atoms with Crippen molar-refractivity contribution in [2.45, 2.75) is 6.92 Å². The maximum Gasteiger partial charge on any atom is 0.262 e. The van der Waals surface area contributed by atoms with Gasteiger partial charge in [-0.25, -0.2) is 0 Å². The predicted molar refractivity (Wildman–Crippen MR) is 108 cm³/mol. The lowest BCUT2D eigenvalue weighted by Gasteiger charge is -2.34. The van der Waals surface area contributed by atoms with Crippen LogP contribution in [-0.4, -0.2) is 45.2 Å². The van der Waals surface area contributed by atoms with Crippen molar-refractivity contribution in [3.8, 4) is 5.75 Å². The average molecular weight is 419 g/mol. The topological polar surface area (TPSA) is 46.0 Å². The van der Waals surface area contributed by atoms with Crippen molar-refractivity contribution >= 4 is 33.2 Å². The number of likely N-dealkylation sites (N-methyl/N-ethyl adjacent to an activating group) is 1. The van der Waals surface area contributed by atoms with Crippen LogP contribution in [0.25, 0.3) is 0 Å². The molecule has 0 aromatic heterocycles. The molecule has 1 amide bonds. The van der Waals surface area contributed by atoms with E-state index in [4.69, 9.17) is 4.74 Å². The summed E-state index contributed by atoms with van der Waals surface area (Å²) in [7, 11) is 0. The van der Waals surface area contributed by atoms with E-state index in [1.54, 1.807) is 4.90 Å². The van der Waals surface area contributed by atoms with E-state index in [2.05, 4.69) is 39.1 Å². The summed E-state index contributed by atoms with van der Waals surface area (Å²) >= 11 is 3.40. The minimum absolute atomic E-state index is 0.0153. The molecule has 0 saturated carbocycles. The van der Waals surface area contributed by atoms with Crippen LogP contribution in [0.2, 0.25) is 0 Å². The summed E-state index contributed by atoms with van der Waals surface area (Å²) in [5.41, 5.74) is 1.92.